The van der Waals surface area contributed by atoms with Crippen LogP contribution in [0.5, 0.6) is 5.95 Å². The van der Waals surface area contributed by atoms with Crippen LogP contribution in [0.2, 0.25) is 0 Å². The molecule has 1 aromatic rings. The van der Waals surface area contributed by atoms with E-state index in [1.165, 1.54) is 84.4 Å². The molecule has 8 heteroatoms. The minimum atomic E-state index is -0.768. The number of rotatable bonds is 19. The van der Waals surface area contributed by atoms with E-state index >= 15 is 0 Å². The monoisotopic (exact) mass is 467 g/mol. The molecule has 1 rings (SSSR count). The van der Waals surface area contributed by atoms with E-state index in [1.807, 2.05) is 0 Å². The van der Waals surface area contributed by atoms with E-state index in [0.29, 0.717) is 6.61 Å². The molecule has 0 aliphatic carbocycles. The Morgan fingerprint density at radius 2 is 1.45 bits per heavy atom. The smallest absolute Gasteiger partial charge is 0.374 e. The first-order chi connectivity index (χ1) is 16.0. The number of furan rings is 1. The Labute approximate surface area is 197 Å². The van der Waals surface area contributed by atoms with Gasteiger partial charge in [-0.05, 0) is 12.5 Å². The average Bonchev–Trinajstić information content (AvgIpc) is 3.29. The predicted octanol–water partition coefficient (Wildman–Crippen LogP) is 5.15. The number of unbranched alkanes of at least 4 members (excludes halogenated alkanes) is 11. The van der Waals surface area contributed by atoms with Gasteiger partial charge >= 0.3 is 11.9 Å². The first-order valence-electron chi connectivity index (χ1n) is 12.2. The standard InChI is InChI=1S/C25H41NO7/c1-4-5-6-7-8-9-10-11-12-13-14-15-18-31-24-17-16-21(33-24)25(29)32-20-22(27)26(2)19-23(28)30-3/h16-17H,4-15,18-20H2,1-3H3. The summed E-state index contributed by atoms with van der Waals surface area (Å²) >= 11 is 0. The fourth-order valence-corrected chi connectivity index (χ4v) is 3.28. The van der Waals surface area contributed by atoms with Crippen LogP contribution in [0.15, 0.2) is 16.5 Å². The summed E-state index contributed by atoms with van der Waals surface area (Å²) in [5, 5.41) is 0. The van der Waals surface area contributed by atoms with Crippen molar-refractivity contribution in [2.45, 2.75) is 84.0 Å². The molecular formula is C25H41NO7. The first-order valence-corrected chi connectivity index (χ1v) is 12.2. The summed E-state index contributed by atoms with van der Waals surface area (Å²) in [6.07, 6.45) is 15.3. The lowest BCUT2D eigenvalue weighted by Crippen LogP contribution is -2.35. The Balaban J connectivity index is 2.08. The third kappa shape index (κ3) is 13.6. The Hall–Kier alpha value is -2.51. The summed E-state index contributed by atoms with van der Waals surface area (Å²) in [4.78, 5) is 36.2. The van der Waals surface area contributed by atoms with Gasteiger partial charge in [-0.3, -0.25) is 9.59 Å². The SMILES string of the molecule is CCCCCCCCCCCCCCOc1ccc(C(=O)OCC(=O)N(C)CC(=O)OC)o1. The molecule has 0 saturated carbocycles. The van der Waals surface area contributed by atoms with Gasteiger partial charge < -0.3 is 23.5 Å². The van der Waals surface area contributed by atoms with Crippen molar-refractivity contribution in [2.24, 2.45) is 0 Å². The zero-order valence-electron chi connectivity index (χ0n) is 20.6. The summed E-state index contributed by atoms with van der Waals surface area (Å²) < 4.78 is 20.3. The molecule has 0 bridgehead atoms. The van der Waals surface area contributed by atoms with Crippen molar-refractivity contribution in [2.75, 3.05) is 33.9 Å². The van der Waals surface area contributed by atoms with E-state index in [0.717, 1.165) is 17.7 Å². The maximum Gasteiger partial charge on any atom is 0.374 e. The van der Waals surface area contributed by atoms with Crippen LogP contribution >= 0.6 is 0 Å². The maximum atomic E-state index is 12.0. The molecule has 0 aromatic carbocycles. The van der Waals surface area contributed by atoms with Crippen molar-refractivity contribution >= 4 is 17.8 Å². The molecule has 1 amide bonds. The molecule has 0 N–H and O–H groups in total. The highest BCUT2D eigenvalue weighted by molar-refractivity contribution is 5.89. The summed E-state index contributed by atoms with van der Waals surface area (Å²) in [7, 11) is 2.65. The van der Waals surface area contributed by atoms with Crippen LogP contribution in [0.3, 0.4) is 0 Å². The number of ether oxygens (including phenoxy) is 3. The van der Waals surface area contributed by atoms with Crippen molar-refractivity contribution in [3.05, 3.63) is 17.9 Å². The predicted molar refractivity (Wildman–Crippen MR) is 125 cm³/mol. The van der Waals surface area contributed by atoms with Crippen LogP contribution in [-0.2, 0) is 19.1 Å². The lowest BCUT2D eigenvalue weighted by Gasteiger charge is -2.15. The topological polar surface area (TPSA) is 95.3 Å². The van der Waals surface area contributed by atoms with E-state index in [-0.39, 0.29) is 18.3 Å². The molecule has 0 unspecified atom stereocenters. The van der Waals surface area contributed by atoms with Gasteiger partial charge in [0.25, 0.3) is 11.9 Å². The van der Waals surface area contributed by atoms with Crippen LogP contribution in [0, 0.1) is 0 Å². The number of carbonyl (C=O) groups excluding carboxylic acids is 3. The molecule has 0 saturated heterocycles. The van der Waals surface area contributed by atoms with Crippen molar-refractivity contribution in [1.29, 1.82) is 0 Å². The van der Waals surface area contributed by atoms with E-state index in [1.54, 1.807) is 6.07 Å². The van der Waals surface area contributed by atoms with E-state index in [9.17, 15) is 14.4 Å². The van der Waals surface area contributed by atoms with Gasteiger partial charge in [-0.25, -0.2) is 4.79 Å². The molecule has 0 aliphatic heterocycles. The molecule has 0 spiro atoms. The third-order valence-electron chi connectivity index (χ3n) is 5.37. The quantitative estimate of drug-likeness (QED) is 0.205. The molecular weight excluding hydrogens is 426 g/mol. The number of hydrogen-bond acceptors (Lipinski definition) is 7. The van der Waals surface area contributed by atoms with Gasteiger partial charge in [0.15, 0.2) is 6.61 Å². The zero-order valence-corrected chi connectivity index (χ0v) is 20.6. The van der Waals surface area contributed by atoms with E-state index < -0.39 is 24.5 Å². The molecule has 1 aromatic heterocycles. The second-order valence-corrected chi connectivity index (χ2v) is 8.26. The normalized spacial score (nSPS) is 10.6. The molecule has 0 radical (unpaired) electrons. The maximum absolute atomic E-state index is 12.0. The van der Waals surface area contributed by atoms with Gasteiger partial charge in [0.2, 0.25) is 5.76 Å². The molecule has 0 atom stereocenters. The van der Waals surface area contributed by atoms with Crippen molar-refractivity contribution in [1.82, 2.24) is 4.90 Å². The number of esters is 2. The number of likely N-dealkylation sites (N-methyl/N-ethyl adjacent to an activating group) is 1. The second-order valence-electron chi connectivity index (χ2n) is 8.26. The fraction of sp³-hybridized carbons (Fsp3) is 0.720. The summed E-state index contributed by atoms with van der Waals surface area (Å²) in [5.74, 6) is -1.64. The van der Waals surface area contributed by atoms with E-state index in [4.69, 9.17) is 13.9 Å². The Morgan fingerprint density at radius 1 is 0.879 bits per heavy atom. The fourth-order valence-electron chi connectivity index (χ4n) is 3.28. The van der Waals surface area contributed by atoms with Crippen molar-refractivity contribution in [3.8, 4) is 5.95 Å². The molecule has 1 heterocycles. The molecule has 188 valence electrons. The lowest BCUT2D eigenvalue weighted by molar-refractivity contribution is -0.147. The first kappa shape index (κ1) is 28.5. The third-order valence-corrected chi connectivity index (χ3v) is 5.37. The zero-order chi connectivity index (χ0) is 24.3. The Kier molecular flexibility index (Phi) is 15.5. The van der Waals surface area contributed by atoms with Crippen LogP contribution in [0.1, 0.15) is 94.5 Å². The summed E-state index contributed by atoms with van der Waals surface area (Å²) in [6.45, 7) is 2.06. The minimum Gasteiger partial charge on any atom is -0.468 e. The van der Waals surface area contributed by atoms with Crippen molar-refractivity contribution in [3.63, 3.8) is 0 Å². The van der Waals surface area contributed by atoms with Crippen molar-refractivity contribution < 1.29 is 33.0 Å². The van der Waals surface area contributed by atoms with Gasteiger partial charge in [0.1, 0.15) is 6.54 Å². The summed E-state index contributed by atoms with van der Waals surface area (Å²) in [5.41, 5.74) is 0. The van der Waals surface area contributed by atoms with Crippen LogP contribution < -0.4 is 4.74 Å². The minimum absolute atomic E-state index is 0.0388. The number of carbonyl (C=O) groups is 3. The summed E-state index contributed by atoms with van der Waals surface area (Å²) in [6, 6.07) is 3.00. The van der Waals surface area contributed by atoms with Gasteiger partial charge in [0, 0.05) is 13.1 Å². The highest BCUT2D eigenvalue weighted by Crippen LogP contribution is 2.18. The van der Waals surface area contributed by atoms with Gasteiger partial charge in [-0.1, -0.05) is 77.6 Å². The number of hydrogen-bond donors (Lipinski definition) is 0. The molecule has 0 fully saturated rings. The van der Waals surface area contributed by atoms with Crippen LogP contribution in [0.4, 0.5) is 0 Å². The van der Waals surface area contributed by atoms with Crippen LogP contribution in [0.25, 0.3) is 0 Å². The second kappa shape index (κ2) is 18.0. The van der Waals surface area contributed by atoms with Gasteiger partial charge in [0.05, 0.1) is 13.7 Å². The number of nitrogens with zero attached hydrogens (tertiary/aromatic N) is 1. The largest absolute Gasteiger partial charge is 0.468 e. The lowest BCUT2D eigenvalue weighted by atomic mass is 10.1. The van der Waals surface area contributed by atoms with Gasteiger partial charge in [-0.2, -0.15) is 0 Å². The highest BCUT2D eigenvalue weighted by Gasteiger charge is 2.18. The molecule has 0 aliphatic rings. The molecule has 8 nitrogen and oxygen atoms in total. The Morgan fingerprint density at radius 3 is 2.03 bits per heavy atom. The van der Waals surface area contributed by atoms with Crippen LogP contribution in [-0.4, -0.2) is 56.7 Å². The molecule has 33 heavy (non-hydrogen) atoms. The highest BCUT2D eigenvalue weighted by atomic mass is 16.6. The Bertz CT molecular complexity index is 686. The average molecular weight is 468 g/mol. The number of methoxy groups -OCH3 is 1. The number of amides is 1. The van der Waals surface area contributed by atoms with Gasteiger partial charge in [-0.15, -0.1) is 0 Å². The van der Waals surface area contributed by atoms with E-state index in [2.05, 4.69) is 11.7 Å².